The van der Waals surface area contributed by atoms with Crippen molar-refractivity contribution in [3.05, 3.63) is 29.7 Å². The fourth-order valence-electron chi connectivity index (χ4n) is 1.60. The van der Waals surface area contributed by atoms with Crippen LogP contribution in [-0.2, 0) is 0 Å². The van der Waals surface area contributed by atoms with E-state index in [-0.39, 0.29) is 0 Å². The van der Waals surface area contributed by atoms with E-state index in [9.17, 15) is 0 Å². The van der Waals surface area contributed by atoms with Crippen molar-refractivity contribution in [2.45, 2.75) is 33.1 Å². The van der Waals surface area contributed by atoms with E-state index < -0.39 is 0 Å². The maximum Gasteiger partial charge on any atom is 0.192 e. The quantitative estimate of drug-likeness (QED) is 0.720. The molecular formula is C12H15NO. The van der Waals surface area contributed by atoms with Crippen LogP contribution in [0.15, 0.2) is 22.6 Å². The van der Waals surface area contributed by atoms with Gasteiger partial charge in [-0.3, -0.25) is 0 Å². The lowest BCUT2D eigenvalue weighted by atomic mass is 9.99. The molecule has 0 aliphatic carbocycles. The molecule has 0 fully saturated rings. The molecule has 0 amide bonds. The number of hydrogen-bond acceptors (Lipinski definition) is 2. The summed E-state index contributed by atoms with van der Waals surface area (Å²) in [4.78, 5) is 4.27. The van der Waals surface area contributed by atoms with Crippen molar-refractivity contribution in [1.82, 2.24) is 4.98 Å². The van der Waals surface area contributed by atoms with E-state index in [0.717, 1.165) is 23.4 Å². The molecule has 14 heavy (non-hydrogen) atoms. The zero-order valence-corrected chi connectivity index (χ0v) is 8.87. The highest BCUT2D eigenvalue weighted by molar-refractivity contribution is 5.73. The summed E-state index contributed by atoms with van der Waals surface area (Å²) in [5.41, 5.74) is 3.19. The van der Waals surface area contributed by atoms with Gasteiger partial charge in [-0.25, -0.2) is 4.98 Å². The summed E-state index contributed by atoms with van der Waals surface area (Å²) in [7, 11) is 0. The number of aromatic nitrogens is 1. The van der Waals surface area contributed by atoms with Crippen molar-refractivity contribution >= 4 is 11.1 Å². The van der Waals surface area contributed by atoms with Gasteiger partial charge in [0.2, 0.25) is 0 Å². The molecule has 0 aliphatic heterocycles. The molecule has 74 valence electrons. The first kappa shape index (κ1) is 9.25. The molecule has 0 saturated carbocycles. The number of rotatable bonds is 2. The van der Waals surface area contributed by atoms with Gasteiger partial charge >= 0.3 is 0 Å². The summed E-state index contributed by atoms with van der Waals surface area (Å²) in [6.07, 6.45) is 1.15. The molecule has 0 aliphatic rings. The lowest BCUT2D eigenvalue weighted by molar-refractivity contribution is 0.560. The molecule has 2 nitrogen and oxygen atoms in total. The molecule has 0 bridgehead atoms. The molecule has 1 heterocycles. The van der Waals surface area contributed by atoms with Gasteiger partial charge in [0.25, 0.3) is 0 Å². The first-order valence-corrected chi connectivity index (χ1v) is 5.07. The number of oxazole rings is 1. The van der Waals surface area contributed by atoms with Gasteiger partial charge in [0.05, 0.1) is 0 Å². The molecule has 2 rings (SSSR count). The minimum atomic E-state index is 0.588. The van der Waals surface area contributed by atoms with Crippen molar-refractivity contribution in [1.29, 1.82) is 0 Å². The molecule has 0 N–H and O–H groups in total. The van der Waals surface area contributed by atoms with Crippen molar-refractivity contribution in [2.24, 2.45) is 0 Å². The van der Waals surface area contributed by atoms with Gasteiger partial charge in [-0.2, -0.15) is 0 Å². The predicted molar refractivity (Wildman–Crippen MR) is 57.5 cm³/mol. The Morgan fingerprint density at radius 1 is 1.43 bits per heavy atom. The summed E-state index contributed by atoms with van der Waals surface area (Å²) in [6, 6.07) is 6.27. The SMILES string of the molecule is CCC(C)c1ccc2nc(C)oc2c1. The number of benzene rings is 1. The van der Waals surface area contributed by atoms with E-state index in [2.05, 4.69) is 31.0 Å². The zero-order valence-electron chi connectivity index (χ0n) is 8.87. The van der Waals surface area contributed by atoms with Gasteiger partial charge in [-0.1, -0.05) is 19.9 Å². The van der Waals surface area contributed by atoms with Crippen LogP contribution in [-0.4, -0.2) is 4.98 Å². The molecule has 1 unspecified atom stereocenters. The highest BCUT2D eigenvalue weighted by Gasteiger charge is 2.06. The molecule has 0 spiro atoms. The van der Waals surface area contributed by atoms with Crippen LogP contribution in [0.25, 0.3) is 11.1 Å². The van der Waals surface area contributed by atoms with Crippen LogP contribution in [0.4, 0.5) is 0 Å². The number of nitrogens with zero attached hydrogens (tertiary/aromatic N) is 1. The fourth-order valence-corrected chi connectivity index (χ4v) is 1.60. The second-order valence-corrected chi connectivity index (χ2v) is 3.77. The van der Waals surface area contributed by atoms with Crippen molar-refractivity contribution in [3.63, 3.8) is 0 Å². The molecule has 2 aromatic rings. The molecule has 1 aromatic carbocycles. The summed E-state index contributed by atoms with van der Waals surface area (Å²) in [5.74, 6) is 1.33. The van der Waals surface area contributed by atoms with Crippen molar-refractivity contribution in [3.8, 4) is 0 Å². The second-order valence-electron chi connectivity index (χ2n) is 3.77. The maximum atomic E-state index is 5.49. The Kier molecular flexibility index (Phi) is 2.28. The number of hydrogen-bond donors (Lipinski definition) is 0. The van der Waals surface area contributed by atoms with Gasteiger partial charge < -0.3 is 4.42 Å². The molecular weight excluding hydrogens is 174 g/mol. The number of fused-ring (bicyclic) bond motifs is 1. The van der Waals surface area contributed by atoms with Crippen LogP contribution in [0.3, 0.4) is 0 Å². The van der Waals surface area contributed by atoms with E-state index >= 15 is 0 Å². The van der Waals surface area contributed by atoms with Crippen LogP contribution >= 0.6 is 0 Å². The Morgan fingerprint density at radius 2 is 2.21 bits per heavy atom. The Labute approximate surface area is 84.0 Å². The smallest absolute Gasteiger partial charge is 0.192 e. The Morgan fingerprint density at radius 3 is 2.93 bits per heavy atom. The average Bonchev–Trinajstić information content (AvgIpc) is 2.55. The normalized spacial score (nSPS) is 13.4. The minimum Gasteiger partial charge on any atom is -0.441 e. The molecule has 0 radical (unpaired) electrons. The third kappa shape index (κ3) is 1.52. The standard InChI is InChI=1S/C12H15NO/c1-4-8(2)10-5-6-11-12(7-10)14-9(3)13-11/h5-8H,4H2,1-3H3. The minimum absolute atomic E-state index is 0.588. The molecule has 0 saturated heterocycles. The third-order valence-electron chi connectivity index (χ3n) is 2.70. The lowest BCUT2D eigenvalue weighted by Crippen LogP contribution is -1.89. The van der Waals surface area contributed by atoms with Crippen LogP contribution in [0.1, 0.15) is 37.6 Å². The van der Waals surface area contributed by atoms with E-state index in [1.807, 2.05) is 13.0 Å². The van der Waals surface area contributed by atoms with Gasteiger partial charge in [-0.05, 0) is 30.0 Å². The Balaban J connectivity index is 2.50. The van der Waals surface area contributed by atoms with Crippen molar-refractivity contribution < 1.29 is 4.42 Å². The first-order chi connectivity index (χ1) is 6.70. The summed E-state index contributed by atoms with van der Waals surface area (Å²) < 4.78 is 5.49. The van der Waals surface area contributed by atoms with Crippen molar-refractivity contribution in [2.75, 3.05) is 0 Å². The summed E-state index contributed by atoms with van der Waals surface area (Å²) >= 11 is 0. The summed E-state index contributed by atoms with van der Waals surface area (Å²) in [6.45, 7) is 6.30. The van der Waals surface area contributed by atoms with Gasteiger partial charge in [0, 0.05) is 6.92 Å². The lowest BCUT2D eigenvalue weighted by Gasteiger charge is -2.07. The van der Waals surface area contributed by atoms with Crippen LogP contribution in [0, 0.1) is 6.92 Å². The Hall–Kier alpha value is -1.31. The maximum absolute atomic E-state index is 5.49. The molecule has 2 heteroatoms. The zero-order chi connectivity index (χ0) is 10.1. The van der Waals surface area contributed by atoms with Crippen LogP contribution in [0.5, 0.6) is 0 Å². The Bertz CT molecular complexity index is 445. The highest BCUT2D eigenvalue weighted by Crippen LogP contribution is 2.23. The van der Waals surface area contributed by atoms with Gasteiger partial charge in [0.15, 0.2) is 11.5 Å². The monoisotopic (exact) mass is 189 g/mol. The second kappa shape index (κ2) is 3.45. The average molecular weight is 189 g/mol. The van der Waals surface area contributed by atoms with Gasteiger partial charge in [0.1, 0.15) is 5.52 Å². The number of aryl methyl sites for hydroxylation is 1. The topological polar surface area (TPSA) is 26.0 Å². The third-order valence-corrected chi connectivity index (χ3v) is 2.70. The van der Waals surface area contributed by atoms with Gasteiger partial charge in [-0.15, -0.1) is 0 Å². The molecule has 1 atom stereocenters. The van der Waals surface area contributed by atoms with E-state index in [1.165, 1.54) is 5.56 Å². The van der Waals surface area contributed by atoms with E-state index in [4.69, 9.17) is 4.42 Å². The predicted octanol–water partition coefficient (Wildman–Crippen LogP) is 3.65. The largest absolute Gasteiger partial charge is 0.441 e. The van der Waals surface area contributed by atoms with E-state index in [0.29, 0.717) is 5.92 Å². The van der Waals surface area contributed by atoms with Crippen LogP contribution in [0.2, 0.25) is 0 Å². The first-order valence-electron chi connectivity index (χ1n) is 5.07. The van der Waals surface area contributed by atoms with Crippen LogP contribution < -0.4 is 0 Å². The highest BCUT2D eigenvalue weighted by atomic mass is 16.3. The molecule has 1 aromatic heterocycles. The van der Waals surface area contributed by atoms with E-state index in [1.54, 1.807) is 0 Å². The summed E-state index contributed by atoms with van der Waals surface area (Å²) in [5, 5.41) is 0. The fraction of sp³-hybridized carbons (Fsp3) is 0.417.